The Labute approximate surface area is 127 Å². The third kappa shape index (κ3) is 2.84. The molecule has 0 bridgehead atoms. The van der Waals surface area contributed by atoms with E-state index < -0.39 is 0 Å². The molecule has 0 saturated carbocycles. The number of aliphatic hydroxyl groups is 1. The van der Waals surface area contributed by atoms with Gasteiger partial charge in [-0.2, -0.15) is 0 Å². The Kier molecular flexibility index (Phi) is 3.77. The number of fused-ring (bicyclic) bond motifs is 1. The molecule has 4 nitrogen and oxygen atoms in total. The summed E-state index contributed by atoms with van der Waals surface area (Å²) in [5.74, 6) is 0. The number of hydrogen-bond donors (Lipinski definition) is 3. The summed E-state index contributed by atoms with van der Waals surface area (Å²) in [5, 5.41) is 14.0. The predicted molar refractivity (Wildman–Crippen MR) is 88.7 cm³/mol. The van der Waals surface area contributed by atoms with E-state index in [0.717, 1.165) is 26.5 Å². The van der Waals surface area contributed by atoms with Gasteiger partial charge in [-0.1, -0.05) is 30.3 Å². The minimum absolute atomic E-state index is 0.00240. The number of aromatic nitrogens is 1. The zero-order chi connectivity index (χ0) is 14.8. The summed E-state index contributed by atoms with van der Waals surface area (Å²) in [4.78, 5) is 4.48. The summed E-state index contributed by atoms with van der Waals surface area (Å²) in [6.07, 6.45) is 0. The van der Waals surface area contributed by atoms with E-state index in [1.807, 2.05) is 49.4 Å². The van der Waals surface area contributed by atoms with Crippen LogP contribution < -0.4 is 11.1 Å². The maximum absolute atomic E-state index is 9.63. The smallest absolute Gasteiger partial charge is 0.0907 e. The summed E-state index contributed by atoms with van der Waals surface area (Å²) in [5.41, 5.74) is 9.53. The van der Waals surface area contributed by atoms with Gasteiger partial charge in [-0.25, -0.2) is 4.98 Å². The van der Waals surface area contributed by atoms with Gasteiger partial charge < -0.3 is 16.2 Å². The number of thiazole rings is 1. The van der Waals surface area contributed by atoms with Crippen molar-refractivity contribution in [2.75, 3.05) is 17.7 Å². The third-order valence-corrected chi connectivity index (χ3v) is 4.31. The van der Waals surface area contributed by atoms with Crippen LogP contribution in [0.3, 0.4) is 0 Å². The fraction of sp³-hybridized carbons (Fsp3) is 0.188. The van der Waals surface area contributed by atoms with Crippen LogP contribution >= 0.6 is 11.3 Å². The number of nitrogen functional groups attached to an aromatic ring is 1. The van der Waals surface area contributed by atoms with E-state index in [1.54, 1.807) is 11.3 Å². The van der Waals surface area contributed by atoms with Gasteiger partial charge in [0.05, 0.1) is 39.2 Å². The zero-order valence-corrected chi connectivity index (χ0v) is 12.5. The molecule has 108 valence electrons. The van der Waals surface area contributed by atoms with Crippen LogP contribution in [-0.4, -0.2) is 16.7 Å². The van der Waals surface area contributed by atoms with Gasteiger partial charge in [0.1, 0.15) is 0 Å². The quantitative estimate of drug-likeness (QED) is 0.646. The summed E-state index contributed by atoms with van der Waals surface area (Å²) in [6.45, 7) is 1.98. The summed E-state index contributed by atoms with van der Waals surface area (Å²) in [7, 11) is 0. The SMILES string of the molecule is Cc1nc2cc(NC(CO)c3ccccc3)c(N)cc2s1. The lowest BCUT2D eigenvalue weighted by atomic mass is 10.1. The molecule has 0 fully saturated rings. The molecule has 0 amide bonds. The minimum Gasteiger partial charge on any atom is -0.397 e. The molecule has 1 unspecified atom stereocenters. The Hall–Kier alpha value is -2.11. The normalized spacial score (nSPS) is 12.5. The van der Waals surface area contributed by atoms with Crippen LogP contribution in [0.5, 0.6) is 0 Å². The molecule has 2 aromatic carbocycles. The molecule has 0 aliphatic rings. The van der Waals surface area contributed by atoms with E-state index in [9.17, 15) is 5.11 Å². The van der Waals surface area contributed by atoms with E-state index in [4.69, 9.17) is 5.73 Å². The fourth-order valence-electron chi connectivity index (χ4n) is 2.34. The molecule has 5 heteroatoms. The van der Waals surface area contributed by atoms with Gasteiger partial charge in [-0.05, 0) is 24.6 Å². The van der Waals surface area contributed by atoms with Crippen molar-refractivity contribution in [2.45, 2.75) is 13.0 Å². The molecule has 21 heavy (non-hydrogen) atoms. The fourth-order valence-corrected chi connectivity index (χ4v) is 3.19. The van der Waals surface area contributed by atoms with Crippen LogP contribution in [0.1, 0.15) is 16.6 Å². The monoisotopic (exact) mass is 299 g/mol. The van der Waals surface area contributed by atoms with Crippen LogP contribution in [0, 0.1) is 6.92 Å². The van der Waals surface area contributed by atoms with Crippen LogP contribution in [0.2, 0.25) is 0 Å². The molecule has 0 saturated heterocycles. The standard InChI is InChI=1S/C16H17N3OS/c1-10-18-14-8-13(12(17)7-16(14)21-10)19-15(9-20)11-5-3-2-4-6-11/h2-8,15,19-20H,9,17H2,1H3. The van der Waals surface area contributed by atoms with Gasteiger partial charge in [-0.3, -0.25) is 0 Å². The average molecular weight is 299 g/mol. The Balaban J connectivity index is 1.94. The van der Waals surface area contributed by atoms with E-state index in [0.29, 0.717) is 5.69 Å². The highest BCUT2D eigenvalue weighted by Crippen LogP contribution is 2.31. The Morgan fingerprint density at radius 3 is 2.76 bits per heavy atom. The highest BCUT2D eigenvalue weighted by molar-refractivity contribution is 7.18. The van der Waals surface area contributed by atoms with Gasteiger partial charge in [0, 0.05) is 0 Å². The number of aryl methyl sites for hydroxylation is 1. The predicted octanol–water partition coefficient (Wildman–Crippen LogP) is 3.33. The van der Waals surface area contributed by atoms with Gasteiger partial charge in [0.2, 0.25) is 0 Å². The number of aliphatic hydroxyl groups excluding tert-OH is 1. The molecule has 3 aromatic rings. The van der Waals surface area contributed by atoms with Crippen LogP contribution in [0.15, 0.2) is 42.5 Å². The molecule has 1 aromatic heterocycles. The number of nitrogens with one attached hydrogen (secondary N) is 1. The first kappa shape index (κ1) is 13.9. The number of nitrogens with zero attached hydrogens (tertiary/aromatic N) is 1. The first-order valence-electron chi connectivity index (χ1n) is 6.76. The molecule has 1 atom stereocenters. The van der Waals surface area contributed by atoms with E-state index >= 15 is 0 Å². The lowest BCUT2D eigenvalue weighted by Crippen LogP contribution is -2.15. The van der Waals surface area contributed by atoms with Crippen molar-refractivity contribution in [3.63, 3.8) is 0 Å². The average Bonchev–Trinajstić information content (AvgIpc) is 2.84. The van der Waals surface area contributed by atoms with Gasteiger partial charge in [0.15, 0.2) is 0 Å². The van der Waals surface area contributed by atoms with Gasteiger partial charge in [-0.15, -0.1) is 11.3 Å². The number of anilines is 2. The highest BCUT2D eigenvalue weighted by Gasteiger charge is 2.13. The summed E-state index contributed by atoms with van der Waals surface area (Å²) in [6, 6.07) is 13.5. The summed E-state index contributed by atoms with van der Waals surface area (Å²) < 4.78 is 1.08. The topological polar surface area (TPSA) is 71.2 Å². The van der Waals surface area contributed by atoms with E-state index in [1.165, 1.54) is 0 Å². The second-order valence-corrected chi connectivity index (χ2v) is 6.17. The van der Waals surface area contributed by atoms with Crippen molar-refractivity contribution in [1.82, 2.24) is 4.98 Å². The molecular weight excluding hydrogens is 282 g/mol. The van der Waals surface area contributed by atoms with Crippen molar-refractivity contribution in [1.29, 1.82) is 0 Å². The van der Waals surface area contributed by atoms with Crippen molar-refractivity contribution in [3.8, 4) is 0 Å². The number of hydrogen-bond acceptors (Lipinski definition) is 5. The minimum atomic E-state index is -0.189. The van der Waals surface area contributed by atoms with Crippen molar-refractivity contribution < 1.29 is 5.11 Å². The van der Waals surface area contributed by atoms with E-state index in [2.05, 4.69) is 10.3 Å². The first-order chi connectivity index (χ1) is 10.2. The van der Waals surface area contributed by atoms with Crippen LogP contribution in [0.25, 0.3) is 10.2 Å². The molecule has 0 aliphatic carbocycles. The second kappa shape index (κ2) is 5.71. The molecule has 4 N–H and O–H groups in total. The lowest BCUT2D eigenvalue weighted by Gasteiger charge is -2.19. The number of nitrogens with two attached hydrogens (primary N) is 1. The van der Waals surface area contributed by atoms with E-state index in [-0.39, 0.29) is 12.6 Å². The van der Waals surface area contributed by atoms with Crippen LogP contribution in [0.4, 0.5) is 11.4 Å². The Bertz CT molecular complexity index is 755. The lowest BCUT2D eigenvalue weighted by molar-refractivity contribution is 0.276. The number of rotatable bonds is 4. The molecular formula is C16H17N3OS. The molecule has 0 spiro atoms. The molecule has 0 radical (unpaired) electrons. The third-order valence-electron chi connectivity index (χ3n) is 3.38. The zero-order valence-electron chi connectivity index (χ0n) is 11.7. The Morgan fingerprint density at radius 2 is 2.05 bits per heavy atom. The maximum atomic E-state index is 9.63. The molecule has 0 aliphatic heterocycles. The Morgan fingerprint density at radius 1 is 1.29 bits per heavy atom. The molecule has 1 heterocycles. The highest BCUT2D eigenvalue weighted by atomic mass is 32.1. The largest absolute Gasteiger partial charge is 0.397 e. The molecule has 3 rings (SSSR count). The van der Waals surface area contributed by atoms with Crippen molar-refractivity contribution in [3.05, 3.63) is 53.0 Å². The maximum Gasteiger partial charge on any atom is 0.0907 e. The van der Waals surface area contributed by atoms with Gasteiger partial charge in [0.25, 0.3) is 0 Å². The number of benzene rings is 2. The van der Waals surface area contributed by atoms with Crippen LogP contribution in [-0.2, 0) is 0 Å². The van der Waals surface area contributed by atoms with Crippen molar-refractivity contribution in [2.24, 2.45) is 0 Å². The summed E-state index contributed by atoms with van der Waals surface area (Å²) >= 11 is 1.63. The van der Waals surface area contributed by atoms with Gasteiger partial charge >= 0.3 is 0 Å². The van der Waals surface area contributed by atoms with Crippen molar-refractivity contribution >= 4 is 32.9 Å². The second-order valence-electron chi connectivity index (χ2n) is 4.93. The first-order valence-corrected chi connectivity index (χ1v) is 7.58.